The largest absolute Gasteiger partial charge is 0.355 e. The minimum Gasteiger partial charge on any atom is -0.355 e. The van der Waals surface area contributed by atoms with Crippen LogP contribution in [0.1, 0.15) is 51.0 Å². The van der Waals surface area contributed by atoms with Gasteiger partial charge in [0.2, 0.25) is 5.91 Å². The molecule has 0 aromatic heterocycles. The Labute approximate surface area is 161 Å². The Kier molecular flexibility index (Phi) is 4.97. The number of rotatable bonds is 2. The molecule has 1 aromatic rings. The van der Waals surface area contributed by atoms with E-state index in [0.29, 0.717) is 30.5 Å². The molecule has 2 heterocycles. The standard InChI is InChI=1S/C20H27N3O3S/c1-14-6-8-16(9-7-14)21-20(24)15-10-12-23(13-11-15)19-17-4-2-3-5-18(17)27(25,26)22-19/h2-5,14-16H,6-13H2,1H3,(H,21,24). The first-order chi connectivity index (χ1) is 12.9. The zero-order valence-corrected chi connectivity index (χ0v) is 16.5. The Balaban J connectivity index is 1.36. The summed E-state index contributed by atoms with van der Waals surface area (Å²) in [7, 11) is -3.59. The van der Waals surface area contributed by atoms with Crippen LogP contribution >= 0.6 is 0 Å². The number of nitrogens with zero attached hydrogens (tertiary/aromatic N) is 2. The highest BCUT2D eigenvalue weighted by Gasteiger charge is 2.34. The molecule has 1 N–H and O–H groups in total. The molecule has 2 fully saturated rings. The van der Waals surface area contributed by atoms with Crippen molar-refractivity contribution in [1.29, 1.82) is 0 Å². The van der Waals surface area contributed by atoms with Crippen molar-refractivity contribution in [2.24, 2.45) is 16.2 Å². The van der Waals surface area contributed by atoms with Crippen molar-refractivity contribution in [3.8, 4) is 0 Å². The van der Waals surface area contributed by atoms with Crippen LogP contribution in [-0.4, -0.2) is 44.2 Å². The van der Waals surface area contributed by atoms with Gasteiger partial charge < -0.3 is 10.2 Å². The topological polar surface area (TPSA) is 78.8 Å². The highest BCUT2D eigenvalue weighted by atomic mass is 32.2. The molecule has 1 saturated heterocycles. The van der Waals surface area contributed by atoms with Crippen molar-refractivity contribution in [3.05, 3.63) is 29.8 Å². The van der Waals surface area contributed by atoms with E-state index in [1.807, 2.05) is 17.0 Å². The highest BCUT2D eigenvalue weighted by molar-refractivity contribution is 7.90. The summed E-state index contributed by atoms with van der Waals surface area (Å²) < 4.78 is 28.5. The quantitative estimate of drug-likeness (QED) is 0.843. The molecule has 0 unspecified atom stereocenters. The van der Waals surface area contributed by atoms with Gasteiger partial charge in [-0.1, -0.05) is 19.1 Å². The molecule has 0 bridgehead atoms. The first kappa shape index (κ1) is 18.5. The number of sulfonamides is 1. The fraction of sp³-hybridized carbons (Fsp3) is 0.600. The van der Waals surface area contributed by atoms with E-state index in [0.717, 1.165) is 31.6 Å². The molecule has 0 radical (unpaired) electrons. The lowest BCUT2D eigenvalue weighted by atomic mass is 9.86. The zero-order chi connectivity index (χ0) is 19.0. The van der Waals surface area contributed by atoms with Gasteiger partial charge in [0, 0.05) is 30.6 Å². The van der Waals surface area contributed by atoms with E-state index in [4.69, 9.17) is 0 Å². The monoisotopic (exact) mass is 389 g/mol. The Hall–Kier alpha value is -1.89. The molecular weight excluding hydrogens is 362 g/mol. The summed E-state index contributed by atoms with van der Waals surface area (Å²) in [5, 5.41) is 3.24. The summed E-state index contributed by atoms with van der Waals surface area (Å²) in [6.07, 6.45) is 6.01. The molecule has 0 atom stereocenters. The van der Waals surface area contributed by atoms with Gasteiger partial charge in [-0.15, -0.1) is 4.40 Å². The third kappa shape index (κ3) is 3.74. The van der Waals surface area contributed by atoms with Crippen molar-refractivity contribution in [3.63, 3.8) is 0 Å². The lowest BCUT2D eigenvalue weighted by Crippen LogP contribution is -2.46. The molecule has 0 spiro atoms. The molecule has 2 aliphatic heterocycles. The van der Waals surface area contributed by atoms with Gasteiger partial charge in [0.25, 0.3) is 10.0 Å². The molecule has 1 aromatic carbocycles. The number of fused-ring (bicyclic) bond motifs is 1. The number of piperidine rings is 1. The van der Waals surface area contributed by atoms with E-state index in [9.17, 15) is 13.2 Å². The number of benzene rings is 1. The maximum absolute atomic E-state index is 12.6. The molecule has 4 rings (SSSR count). The Morgan fingerprint density at radius 3 is 2.44 bits per heavy atom. The van der Waals surface area contributed by atoms with Crippen LogP contribution in [0.25, 0.3) is 0 Å². The van der Waals surface area contributed by atoms with Crippen LogP contribution < -0.4 is 5.32 Å². The molecule has 1 saturated carbocycles. The Bertz CT molecular complexity index is 849. The lowest BCUT2D eigenvalue weighted by Gasteiger charge is -2.34. The summed E-state index contributed by atoms with van der Waals surface area (Å²) in [6.45, 7) is 3.59. The fourth-order valence-corrected chi connectivity index (χ4v) is 5.62. The van der Waals surface area contributed by atoms with Gasteiger partial charge in [-0.3, -0.25) is 4.79 Å². The molecule has 27 heavy (non-hydrogen) atoms. The van der Waals surface area contributed by atoms with Gasteiger partial charge in [-0.2, -0.15) is 8.42 Å². The van der Waals surface area contributed by atoms with Crippen molar-refractivity contribution in [2.45, 2.75) is 56.4 Å². The van der Waals surface area contributed by atoms with Gasteiger partial charge in [-0.05, 0) is 56.6 Å². The molecule has 3 aliphatic rings. The van der Waals surface area contributed by atoms with Crippen molar-refractivity contribution < 1.29 is 13.2 Å². The van der Waals surface area contributed by atoms with Crippen LogP contribution in [0.3, 0.4) is 0 Å². The first-order valence-corrected chi connectivity index (χ1v) is 11.4. The van der Waals surface area contributed by atoms with Crippen LogP contribution in [-0.2, 0) is 14.8 Å². The summed E-state index contributed by atoms with van der Waals surface area (Å²) in [4.78, 5) is 14.9. The van der Waals surface area contributed by atoms with Crippen molar-refractivity contribution in [2.75, 3.05) is 13.1 Å². The Morgan fingerprint density at radius 1 is 1.07 bits per heavy atom. The number of amides is 1. The average molecular weight is 390 g/mol. The maximum Gasteiger partial charge on any atom is 0.285 e. The molecular formula is C20H27N3O3S. The number of nitrogens with one attached hydrogen (secondary N) is 1. The number of hydrogen-bond acceptors (Lipinski definition) is 4. The van der Waals surface area contributed by atoms with Gasteiger partial charge in [-0.25, -0.2) is 0 Å². The molecule has 146 valence electrons. The van der Waals surface area contributed by atoms with Gasteiger partial charge >= 0.3 is 0 Å². The second kappa shape index (κ2) is 7.26. The lowest BCUT2D eigenvalue weighted by molar-refractivity contribution is -0.127. The van der Waals surface area contributed by atoms with Crippen LogP contribution in [0.2, 0.25) is 0 Å². The van der Waals surface area contributed by atoms with Gasteiger partial charge in [0.1, 0.15) is 4.90 Å². The SMILES string of the molecule is CC1CCC(NC(=O)C2CCN(C3=NS(=O)(=O)c4ccccc43)CC2)CC1. The van der Waals surface area contributed by atoms with Gasteiger partial charge in [0.15, 0.2) is 5.84 Å². The fourth-order valence-electron chi connectivity index (χ4n) is 4.39. The van der Waals surface area contributed by atoms with E-state index in [1.165, 1.54) is 12.8 Å². The predicted octanol–water partition coefficient (Wildman–Crippen LogP) is 2.54. The summed E-state index contributed by atoms with van der Waals surface area (Å²) >= 11 is 0. The molecule has 7 heteroatoms. The second-order valence-corrected chi connectivity index (χ2v) is 9.69. The van der Waals surface area contributed by atoms with Crippen LogP contribution in [0.4, 0.5) is 0 Å². The van der Waals surface area contributed by atoms with Crippen molar-refractivity contribution in [1.82, 2.24) is 10.2 Å². The van der Waals surface area contributed by atoms with Crippen molar-refractivity contribution >= 4 is 21.8 Å². The third-order valence-electron chi connectivity index (χ3n) is 6.14. The van der Waals surface area contributed by atoms with Crippen LogP contribution in [0.15, 0.2) is 33.6 Å². The average Bonchev–Trinajstić information content (AvgIpc) is 2.95. The Morgan fingerprint density at radius 2 is 1.74 bits per heavy atom. The smallest absolute Gasteiger partial charge is 0.285 e. The normalized spacial score (nSPS) is 27.7. The zero-order valence-electron chi connectivity index (χ0n) is 15.7. The van der Waals surface area contributed by atoms with E-state index < -0.39 is 10.0 Å². The summed E-state index contributed by atoms with van der Waals surface area (Å²) in [6, 6.07) is 7.29. The molecule has 1 amide bonds. The van der Waals surface area contributed by atoms with Gasteiger partial charge in [0.05, 0.1) is 0 Å². The molecule has 1 aliphatic carbocycles. The number of likely N-dealkylation sites (tertiary alicyclic amines) is 1. The molecule has 6 nitrogen and oxygen atoms in total. The summed E-state index contributed by atoms with van der Waals surface area (Å²) in [5.74, 6) is 1.48. The maximum atomic E-state index is 12.6. The number of carbonyl (C=O) groups is 1. The van der Waals surface area contributed by atoms with E-state index in [1.54, 1.807) is 12.1 Å². The predicted molar refractivity (Wildman–Crippen MR) is 104 cm³/mol. The highest BCUT2D eigenvalue weighted by Crippen LogP contribution is 2.30. The summed E-state index contributed by atoms with van der Waals surface area (Å²) in [5.41, 5.74) is 0.678. The van der Waals surface area contributed by atoms with E-state index >= 15 is 0 Å². The minimum absolute atomic E-state index is 0.00875. The first-order valence-electron chi connectivity index (χ1n) is 9.94. The number of hydrogen-bond donors (Lipinski definition) is 1. The van der Waals surface area contributed by atoms with E-state index in [2.05, 4.69) is 16.6 Å². The number of amidine groups is 1. The minimum atomic E-state index is -3.59. The number of carbonyl (C=O) groups excluding carboxylic acids is 1. The van der Waals surface area contributed by atoms with E-state index in [-0.39, 0.29) is 16.7 Å². The third-order valence-corrected chi connectivity index (χ3v) is 7.47. The van der Waals surface area contributed by atoms with Crippen LogP contribution in [0, 0.1) is 11.8 Å². The second-order valence-electron chi connectivity index (χ2n) is 8.11. The van der Waals surface area contributed by atoms with Crippen LogP contribution in [0.5, 0.6) is 0 Å².